The Kier molecular flexibility index (Phi) is 5.06. The van der Waals surface area contributed by atoms with Crippen LogP contribution in [0.4, 0.5) is 0 Å². The van der Waals surface area contributed by atoms with Crippen LogP contribution in [0, 0.1) is 11.3 Å². The van der Waals surface area contributed by atoms with Crippen molar-refractivity contribution in [2.75, 3.05) is 39.3 Å². The summed E-state index contributed by atoms with van der Waals surface area (Å²) in [5, 5.41) is 18.6. The minimum atomic E-state index is 0.210. The van der Waals surface area contributed by atoms with E-state index in [4.69, 9.17) is 0 Å². The number of aliphatic hydroxyl groups is 1. The number of rotatable bonds is 3. The van der Waals surface area contributed by atoms with Gasteiger partial charge >= 0.3 is 0 Å². The molecule has 1 saturated heterocycles. The third kappa shape index (κ3) is 3.40. The van der Waals surface area contributed by atoms with Crippen molar-refractivity contribution in [3.8, 4) is 6.07 Å². The molecule has 0 saturated carbocycles. The molecule has 4 rings (SSSR count). The fourth-order valence-corrected chi connectivity index (χ4v) is 4.02. The van der Waals surface area contributed by atoms with Gasteiger partial charge in [0.05, 0.1) is 12.7 Å². The monoisotopic (exact) mass is 357 g/mol. The number of hydrogen-bond acceptors (Lipinski definition) is 4. The number of benzene rings is 2. The van der Waals surface area contributed by atoms with Crippen molar-refractivity contribution in [1.82, 2.24) is 9.80 Å². The Bertz CT molecular complexity index is 931. The average Bonchev–Trinajstić information content (AvgIpc) is 2.85. The normalized spacial score (nSPS) is 18.3. The third-order valence-electron chi connectivity index (χ3n) is 5.37. The van der Waals surface area contributed by atoms with Gasteiger partial charge in [0.15, 0.2) is 0 Å². The van der Waals surface area contributed by atoms with Gasteiger partial charge in [0, 0.05) is 55.6 Å². The number of nitriles is 1. The topological polar surface area (TPSA) is 50.5 Å². The zero-order valence-electron chi connectivity index (χ0n) is 15.3. The molecule has 0 amide bonds. The summed E-state index contributed by atoms with van der Waals surface area (Å²) in [6.45, 7) is 4.70. The minimum Gasteiger partial charge on any atom is -0.395 e. The summed E-state index contributed by atoms with van der Waals surface area (Å²) >= 11 is 0. The lowest BCUT2D eigenvalue weighted by atomic mass is 9.93. The summed E-state index contributed by atoms with van der Waals surface area (Å²) in [5.41, 5.74) is 6.71. The van der Waals surface area contributed by atoms with Crippen molar-refractivity contribution in [2.24, 2.45) is 0 Å². The Morgan fingerprint density at radius 1 is 0.926 bits per heavy atom. The number of hydrogen-bond donors (Lipinski definition) is 1. The van der Waals surface area contributed by atoms with E-state index in [2.05, 4.69) is 52.3 Å². The second-order valence-electron chi connectivity index (χ2n) is 6.90. The minimum absolute atomic E-state index is 0.210. The predicted molar refractivity (Wildman–Crippen MR) is 109 cm³/mol. The van der Waals surface area contributed by atoms with Gasteiger partial charge in [0.25, 0.3) is 0 Å². The van der Waals surface area contributed by atoms with Crippen molar-refractivity contribution in [3.63, 3.8) is 0 Å². The van der Waals surface area contributed by atoms with Gasteiger partial charge < -0.3 is 10.0 Å². The molecule has 1 heterocycles. The van der Waals surface area contributed by atoms with Gasteiger partial charge in [-0.2, -0.15) is 5.26 Å². The maximum absolute atomic E-state index is 9.38. The summed E-state index contributed by atoms with van der Waals surface area (Å²) in [6, 6.07) is 18.9. The van der Waals surface area contributed by atoms with Crippen LogP contribution in [0.3, 0.4) is 0 Å². The number of β-amino-alcohol motifs (C(OH)–C–C–N with tert-alkyl or cyclic N) is 1. The Balaban J connectivity index is 1.80. The molecule has 2 aromatic carbocycles. The molecule has 2 aromatic rings. The van der Waals surface area contributed by atoms with E-state index in [1.807, 2.05) is 18.2 Å². The highest BCUT2D eigenvalue weighted by Gasteiger charge is 2.25. The van der Waals surface area contributed by atoms with Crippen LogP contribution in [0.25, 0.3) is 17.3 Å². The van der Waals surface area contributed by atoms with Crippen LogP contribution >= 0.6 is 0 Å². The van der Waals surface area contributed by atoms with Crippen LogP contribution in [-0.4, -0.2) is 54.2 Å². The summed E-state index contributed by atoms with van der Waals surface area (Å²) in [5.74, 6) is 0. The van der Waals surface area contributed by atoms with Crippen LogP contribution in [0.15, 0.2) is 54.6 Å². The van der Waals surface area contributed by atoms with Crippen molar-refractivity contribution >= 4 is 17.3 Å². The second-order valence-corrected chi connectivity index (χ2v) is 6.90. The largest absolute Gasteiger partial charge is 0.395 e. The van der Waals surface area contributed by atoms with E-state index in [-0.39, 0.29) is 6.61 Å². The smallest absolute Gasteiger partial charge is 0.0918 e. The lowest BCUT2D eigenvalue weighted by molar-refractivity contribution is 0.143. The van der Waals surface area contributed by atoms with Gasteiger partial charge in [-0.3, -0.25) is 4.90 Å². The Labute approximate surface area is 160 Å². The molecule has 0 radical (unpaired) electrons. The van der Waals surface area contributed by atoms with E-state index < -0.39 is 0 Å². The van der Waals surface area contributed by atoms with Gasteiger partial charge in [-0.15, -0.1) is 0 Å². The molecule has 4 nitrogen and oxygen atoms in total. The zero-order valence-corrected chi connectivity index (χ0v) is 15.3. The van der Waals surface area contributed by atoms with Crippen molar-refractivity contribution in [1.29, 1.82) is 5.26 Å². The van der Waals surface area contributed by atoms with Crippen LogP contribution in [0.2, 0.25) is 0 Å². The van der Waals surface area contributed by atoms with Gasteiger partial charge in [0.2, 0.25) is 0 Å². The molecule has 27 heavy (non-hydrogen) atoms. The van der Waals surface area contributed by atoms with Crippen molar-refractivity contribution in [2.45, 2.75) is 0 Å². The molecule has 1 aliphatic heterocycles. The lowest BCUT2D eigenvalue weighted by Crippen LogP contribution is -2.46. The van der Waals surface area contributed by atoms with Crippen LogP contribution in [0.1, 0.15) is 22.3 Å². The van der Waals surface area contributed by atoms with E-state index in [9.17, 15) is 10.4 Å². The second kappa shape index (κ2) is 7.79. The third-order valence-corrected chi connectivity index (χ3v) is 5.37. The predicted octanol–water partition coefficient (Wildman–Crippen LogP) is 3.06. The maximum atomic E-state index is 9.38. The highest BCUT2D eigenvalue weighted by molar-refractivity contribution is 5.98. The summed E-state index contributed by atoms with van der Waals surface area (Å²) in [4.78, 5) is 4.73. The molecule has 136 valence electrons. The maximum Gasteiger partial charge on any atom is 0.0918 e. The van der Waals surface area contributed by atoms with E-state index in [1.54, 1.807) is 6.08 Å². The van der Waals surface area contributed by atoms with E-state index in [0.717, 1.165) is 55.0 Å². The Morgan fingerprint density at radius 3 is 2.30 bits per heavy atom. The number of piperazine rings is 1. The molecule has 0 aromatic heterocycles. The first-order valence-corrected chi connectivity index (χ1v) is 9.40. The Hall–Kier alpha value is -2.87. The number of aliphatic hydroxyl groups excluding tert-OH is 1. The quantitative estimate of drug-likeness (QED) is 0.858. The molecule has 0 spiro atoms. The number of nitrogens with zero attached hydrogens (tertiary/aromatic N) is 3. The summed E-state index contributed by atoms with van der Waals surface area (Å²) in [7, 11) is 0. The molecule has 1 fully saturated rings. The fourth-order valence-electron chi connectivity index (χ4n) is 4.02. The molecule has 0 unspecified atom stereocenters. The van der Waals surface area contributed by atoms with Gasteiger partial charge in [-0.05, 0) is 22.8 Å². The van der Waals surface area contributed by atoms with Crippen molar-refractivity contribution in [3.05, 3.63) is 76.9 Å². The molecule has 0 bridgehead atoms. The standard InChI is InChI=1S/C23H23N3O/c24-10-9-21-19-6-2-1-5-18(19)17-23(22-8-4-3-7-20(21)22)26-13-11-25(12-14-26)15-16-27/h1-9,17,27H,11-16H2/b21-9-. The van der Waals surface area contributed by atoms with E-state index in [0.29, 0.717) is 0 Å². The molecule has 1 aliphatic carbocycles. The summed E-state index contributed by atoms with van der Waals surface area (Å²) in [6.07, 6.45) is 3.92. The highest BCUT2D eigenvalue weighted by Crippen LogP contribution is 2.38. The van der Waals surface area contributed by atoms with Gasteiger partial charge in [0.1, 0.15) is 0 Å². The molecule has 2 aliphatic rings. The molecule has 1 N–H and O–H groups in total. The van der Waals surface area contributed by atoms with Crippen molar-refractivity contribution < 1.29 is 5.11 Å². The molecular formula is C23H23N3O. The van der Waals surface area contributed by atoms with Crippen LogP contribution in [-0.2, 0) is 0 Å². The number of fused-ring (bicyclic) bond motifs is 2. The fraction of sp³-hybridized carbons (Fsp3) is 0.261. The van der Waals surface area contributed by atoms with Gasteiger partial charge in [-0.1, -0.05) is 48.5 Å². The highest BCUT2D eigenvalue weighted by atomic mass is 16.3. The summed E-state index contributed by atoms with van der Waals surface area (Å²) < 4.78 is 0. The van der Waals surface area contributed by atoms with E-state index in [1.165, 1.54) is 11.3 Å². The lowest BCUT2D eigenvalue weighted by Gasteiger charge is -2.37. The van der Waals surface area contributed by atoms with E-state index >= 15 is 0 Å². The number of allylic oxidation sites excluding steroid dienone is 1. The molecule has 4 heteroatoms. The van der Waals surface area contributed by atoms with Crippen LogP contribution < -0.4 is 0 Å². The Morgan fingerprint density at radius 2 is 1.59 bits per heavy atom. The van der Waals surface area contributed by atoms with Crippen LogP contribution in [0.5, 0.6) is 0 Å². The molecular weight excluding hydrogens is 334 g/mol. The first kappa shape index (κ1) is 17.5. The average molecular weight is 357 g/mol. The van der Waals surface area contributed by atoms with Gasteiger partial charge in [-0.25, -0.2) is 0 Å². The zero-order chi connectivity index (χ0) is 18.6. The SMILES string of the molecule is N#C/C=C1/c2ccccc2C=C(N2CCN(CCO)CC2)c2ccccc21. The molecule has 0 atom stereocenters. The first-order chi connectivity index (χ1) is 13.3. The first-order valence-electron chi connectivity index (χ1n) is 9.40.